The number of amides is 2. The highest BCUT2D eigenvalue weighted by molar-refractivity contribution is 9.10. The molecule has 2 amide bonds. The number of hydrogen-bond acceptors (Lipinski definition) is 2. The van der Waals surface area contributed by atoms with Crippen LogP contribution in [-0.4, -0.2) is 29.3 Å². The normalized spacial score (nSPS) is 12.0. The molecule has 1 N–H and O–H groups in total. The Morgan fingerprint density at radius 1 is 0.938 bits per heavy atom. The maximum atomic E-state index is 13.3. The van der Waals surface area contributed by atoms with Crippen molar-refractivity contribution in [2.45, 2.75) is 46.2 Å². The quantitative estimate of drug-likeness (QED) is 0.413. The Kier molecular flexibility index (Phi) is 8.46. The van der Waals surface area contributed by atoms with Gasteiger partial charge in [-0.05, 0) is 53.3 Å². The monoisotopic (exact) mass is 494 g/mol. The first-order chi connectivity index (χ1) is 15.3. The highest BCUT2D eigenvalue weighted by atomic mass is 79.9. The number of fused-ring (bicyclic) bond motifs is 1. The van der Waals surface area contributed by atoms with Crippen LogP contribution >= 0.6 is 15.9 Å². The minimum absolute atomic E-state index is 0.0203. The molecule has 0 aliphatic heterocycles. The zero-order chi connectivity index (χ0) is 23.1. The molecule has 0 saturated carbocycles. The lowest BCUT2D eigenvalue weighted by molar-refractivity contribution is -0.140. The number of carbonyl (C=O) groups is 2. The molecule has 0 heterocycles. The molecule has 0 aromatic heterocycles. The van der Waals surface area contributed by atoms with Crippen LogP contribution in [0.25, 0.3) is 10.8 Å². The summed E-state index contributed by atoms with van der Waals surface area (Å²) in [6.07, 6.45) is 0.990. The lowest BCUT2D eigenvalue weighted by Crippen LogP contribution is -2.48. The van der Waals surface area contributed by atoms with Gasteiger partial charge in [-0.2, -0.15) is 0 Å². The van der Waals surface area contributed by atoms with E-state index < -0.39 is 6.04 Å². The maximum Gasteiger partial charge on any atom is 0.242 e. The SMILES string of the molecule is CC(C)CNC(=O)[C@@H](C)N(Cc1ccc(Br)cc1)C(=O)CCc1cccc2ccccc12. The van der Waals surface area contributed by atoms with Gasteiger partial charge in [-0.3, -0.25) is 9.59 Å². The third-order valence-corrected chi connectivity index (χ3v) is 6.13. The van der Waals surface area contributed by atoms with Gasteiger partial charge in [0.1, 0.15) is 6.04 Å². The third kappa shape index (κ3) is 6.42. The number of nitrogens with zero attached hydrogens (tertiary/aromatic N) is 1. The van der Waals surface area contributed by atoms with Gasteiger partial charge in [-0.15, -0.1) is 0 Å². The molecule has 0 aliphatic rings. The molecule has 0 unspecified atom stereocenters. The molecule has 0 radical (unpaired) electrons. The zero-order valence-electron chi connectivity index (χ0n) is 19.0. The van der Waals surface area contributed by atoms with E-state index in [0.717, 1.165) is 15.6 Å². The fourth-order valence-corrected chi connectivity index (χ4v) is 3.98. The van der Waals surface area contributed by atoms with Crippen molar-refractivity contribution in [2.75, 3.05) is 6.54 Å². The van der Waals surface area contributed by atoms with Crippen molar-refractivity contribution < 1.29 is 9.59 Å². The first-order valence-corrected chi connectivity index (χ1v) is 11.9. The summed E-state index contributed by atoms with van der Waals surface area (Å²) in [7, 11) is 0. The summed E-state index contributed by atoms with van der Waals surface area (Å²) in [5, 5.41) is 5.31. The van der Waals surface area contributed by atoms with Gasteiger partial charge in [0.05, 0.1) is 0 Å². The standard InChI is InChI=1S/C27H31BrN2O2/c1-19(2)17-29-27(32)20(3)30(18-21-11-14-24(28)15-12-21)26(31)16-13-23-9-6-8-22-7-4-5-10-25(22)23/h4-12,14-15,19-20H,13,16-18H2,1-3H3,(H,29,32)/t20-/m1/s1. The van der Waals surface area contributed by atoms with Crippen molar-refractivity contribution >= 4 is 38.5 Å². The second-order valence-corrected chi connectivity index (χ2v) is 9.52. The van der Waals surface area contributed by atoms with Crippen molar-refractivity contribution in [3.05, 3.63) is 82.3 Å². The molecule has 1 atom stereocenters. The van der Waals surface area contributed by atoms with Crippen molar-refractivity contribution in [1.82, 2.24) is 10.2 Å². The van der Waals surface area contributed by atoms with Crippen LogP contribution < -0.4 is 5.32 Å². The topological polar surface area (TPSA) is 49.4 Å². The van der Waals surface area contributed by atoms with Gasteiger partial charge in [-0.25, -0.2) is 0 Å². The van der Waals surface area contributed by atoms with E-state index in [0.29, 0.717) is 31.8 Å². The molecular weight excluding hydrogens is 464 g/mol. The van der Waals surface area contributed by atoms with Crippen molar-refractivity contribution in [1.29, 1.82) is 0 Å². The van der Waals surface area contributed by atoms with Crippen LogP contribution in [0.4, 0.5) is 0 Å². The Hall–Kier alpha value is -2.66. The minimum Gasteiger partial charge on any atom is -0.354 e. The number of aryl methyl sites for hydroxylation is 1. The van der Waals surface area contributed by atoms with Crippen LogP contribution in [0.3, 0.4) is 0 Å². The molecule has 0 saturated heterocycles. The predicted octanol–water partition coefficient (Wildman–Crippen LogP) is 5.72. The molecule has 0 spiro atoms. The zero-order valence-corrected chi connectivity index (χ0v) is 20.6. The second kappa shape index (κ2) is 11.3. The number of rotatable bonds is 9. The first-order valence-electron chi connectivity index (χ1n) is 11.1. The van der Waals surface area contributed by atoms with Crippen LogP contribution in [0.2, 0.25) is 0 Å². The van der Waals surface area contributed by atoms with E-state index in [2.05, 4.69) is 59.4 Å². The number of benzene rings is 3. The fourth-order valence-electron chi connectivity index (χ4n) is 3.72. The molecule has 0 bridgehead atoms. The maximum absolute atomic E-state index is 13.3. The molecule has 168 valence electrons. The van der Waals surface area contributed by atoms with Crippen LogP contribution in [0, 0.1) is 5.92 Å². The van der Waals surface area contributed by atoms with Gasteiger partial charge in [0.25, 0.3) is 0 Å². The van der Waals surface area contributed by atoms with Gasteiger partial charge in [0, 0.05) is 24.0 Å². The molecule has 5 heteroatoms. The molecule has 3 rings (SSSR count). The van der Waals surface area contributed by atoms with E-state index >= 15 is 0 Å². The van der Waals surface area contributed by atoms with Crippen LogP contribution in [-0.2, 0) is 22.6 Å². The largest absolute Gasteiger partial charge is 0.354 e. The van der Waals surface area contributed by atoms with E-state index in [1.54, 1.807) is 4.90 Å². The summed E-state index contributed by atoms with van der Waals surface area (Å²) in [5.74, 6) is 0.218. The van der Waals surface area contributed by atoms with Gasteiger partial charge in [0.2, 0.25) is 11.8 Å². The molecular formula is C27H31BrN2O2. The summed E-state index contributed by atoms with van der Waals surface area (Å²) >= 11 is 3.45. The highest BCUT2D eigenvalue weighted by Crippen LogP contribution is 2.21. The number of halogens is 1. The van der Waals surface area contributed by atoms with Crippen LogP contribution in [0.15, 0.2) is 71.2 Å². The average molecular weight is 495 g/mol. The Morgan fingerprint density at radius 2 is 1.62 bits per heavy atom. The summed E-state index contributed by atoms with van der Waals surface area (Å²) in [4.78, 5) is 27.8. The Bertz CT molecular complexity index is 1060. The van der Waals surface area contributed by atoms with Gasteiger partial charge < -0.3 is 10.2 Å². The molecule has 0 fully saturated rings. The minimum atomic E-state index is -0.544. The summed E-state index contributed by atoms with van der Waals surface area (Å²) in [5.41, 5.74) is 2.15. The first kappa shape index (κ1) is 24.0. The molecule has 32 heavy (non-hydrogen) atoms. The molecule has 3 aromatic carbocycles. The van der Waals surface area contributed by atoms with E-state index in [-0.39, 0.29) is 11.8 Å². The Balaban J connectivity index is 1.76. The second-order valence-electron chi connectivity index (χ2n) is 8.60. The van der Waals surface area contributed by atoms with E-state index in [4.69, 9.17) is 0 Å². The fraction of sp³-hybridized carbons (Fsp3) is 0.333. The number of carbonyl (C=O) groups excluding carboxylic acids is 2. The van der Waals surface area contributed by atoms with Crippen molar-refractivity contribution in [2.24, 2.45) is 5.92 Å². The predicted molar refractivity (Wildman–Crippen MR) is 134 cm³/mol. The van der Waals surface area contributed by atoms with Crippen LogP contribution in [0.1, 0.15) is 38.3 Å². The molecule has 4 nitrogen and oxygen atoms in total. The van der Waals surface area contributed by atoms with Gasteiger partial charge >= 0.3 is 0 Å². The smallest absolute Gasteiger partial charge is 0.242 e. The molecule has 3 aromatic rings. The third-order valence-electron chi connectivity index (χ3n) is 5.61. The number of nitrogens with one attached hydrogen (secondary N) is 1. The summed E-state index contributed by atoms with van der Waals surface area (Å²) in [6, 6.07) is 21.7. The van der Waals surface area contributed by atoms with E-state index in [1.165, 1.54) is 10.8 Å². The lowest BCUT2D eigenvalue weighted by Gasteiger charge is -2.29. The highest BCUT2D eigenvalue weighted by Gasteiger charge is 2.26. The van der Waals surface area contributed by atoms with Crippen molar-refractivity contribution in [3.8, 4) is 0 Å². The number of hydrogen-bond donors (Lipinski definition) is 1. The van der Waals surface area contributed by atoms with E-state index in [9.17, 15) is 9.59 Å². The van der Waals surface area contributed by atoms with E-state index in [1.807, 2.05) is 49.4 Å². The average Bonchev–Trinajstić information content (AvgIpc) is 2.80. The summed E-state index contributed by atoms with van der Waals surface area (Å²) in [6.45, 7) is 6.92. The lowest BCUT2D eigenvalue weighted by atomic mass is 10.0. The van der Waals surface area contributed by atoms with Gasteiger partial charge in [0.15, 0.2) is 0 Å². The molecule has 0 aliphatic carbocycles. The Morgan fingerprint density at radius 3 is 2.34 bits per heavy atom. The van der Waals surface area contributed by atoms with Crippen molar-refractivity contribution in [3.63, 3.8) is 0 Å². The Labute approximate surface area is 199 Å². The summed E-state index contributed by atoms with van der Waals surface area (Å²) < 4.78 is 0.984. The van der Waals surface area contributed by atoms with Gasteiger partial charge in [-0.1, -0.05) is 84.4 Å². The van der Waals surface area contributed by atoms with Crippen LogP contribution in [0.5, 0.6) is 0 Å².